The number of rotatable bonds is 2. The van der Waals surface area contributed by atoms with E-state index >= 15 is 0 Å². The summed E-state index contributed by atoms with van der Waals surface area (Å²) in [7, 11) is 0. The zero-order chi connectivity index (χ0) is 11.6. The van der Waals surface area contributed by atoms with Crippen LogP contribution in [0.25, 0.3) is 0 Å². The Hall–Kier alpha value is -1.26. The molecule has 1 heterocycles. The molecule has 0 saturated carbocycles. The summed E-state index contributed by atoms with van der Waals surface area (Å²) >= 11 is 0. The Balaban J connectivity index is 3.18. The lowest BCUT2D eigenvalue weighted by atomic mass is 10.2. The lowest BCUT2D eigenvalue weighted by Gasteiger charge is -2.11. The van der Waals surface area contributed by atoms with Gasteiger partial charge in [-0.15, -0.1) is 0 Å². The Kier molecular flexibility index (Phi) is 3.21. The molecule has 0 aliphatic carbocycles. The maximum absolute atomic E-state index is 12.4. The molecule has 0 spiro atoms. The van der Waals surface area contributed by atoms with E-state index in [2.05, 4.69) is 0 Å². The molecule has 1 aromatic heterocycles. The van der Waals surface area contributed by atoms with Crippen molar-refractivity contribution in [3.63, 3.8) is 0 Å². The van der Waals surface area contributed by atoms with E-state index in [1.807, 2.05) is 13.8 Å². The summed E-state index contributed by atoms with van der Waals surface area (Å²) in [5.41, 5.74) is -2.08. The van der Waals surface area contributed by atoms with Crippen LogP contribution in [-0.2, 0) is 12.7 Å². The van der Waals surface area contributed by atoms with E-state index in [1.54, 1.807) is 0 Å². The lowest BCUT2D eigenvalue weighted by molar-refractivity contribution is -0.139. The normalized spacial score (nSPS) is 12.1. The topological polar surface area (TPSA) is 22.0 Å². The van der Waals surface area contributed by atoms with Gasteiger partial charge in [-0.25, -0.2) is 0 Å². The van der Waals surface area contributed by atoms with Crippen molar-refractivity contribution in [1.29, 1.82) is 0 Å². The van der Waals surface area contributed by atoms with Crippen LogP contribution in [0.15, 0.2) is 23.1 Å². The van der Waals surface area contributed by atoms with Crippen molar-refractivity contribution in [2.24, 2.45) is 5.92 Å². The van der Waals surface area contributed by atoms with Gasteiger partial charge in [0.15, 0.2) is 0 Å². The second-order valence-corrected chi connectivity index (χ2v) is 3.77. The van der Waals surface area contributed by atoms with Gasteiger partial charge in [0.1, 0.15) is 5.56 Å². The average Bonchev–Trinajstić information content (AvgIpc) is 2.05. The minimum absolute atomic E-state index is 0.131. The fourth-order valence-electron chi connectivity index (χ4n) is 1.29. The van der Waals surface area contributed by atoms with Crippen LogP contribution in [0.3, 0.4) is 0 Å². The lowest BCUT2D eigenvalue weighted by Crippen LogP contribution is -2.29. The van der Waals surface area contributed by atoms with E-state index in [1.165, 1.54) is 12.3 Å². The van der Waals surface area contributed by atoms with E-state index in [0.29, 0.717) is 6.54 Å². The summed E-state index contributed by atoms with van der Waals surface area (Å²) in [4.78, 5) is 11.4. The molecule has 15 heavy (non-hydrogen) atoms. The second-order valence-electron chi connectivity index (χ2n) is 3.77. The number of hydrogen-bond acceptors (Lipinski definition) is 1. The van der Waals surface area contributed by atoms with Gasteiger partial charge in [0.25, 0.3) is 5.56 Å². The Morgan fingerprint density at radius 2 is 2.00 bits per heavy atom. The first-order valence-corrected chi connectivity index (χ1v) is 4.59. The average molecular weight is 219 g/mol. The van der Waals surface area contributed by atoms with Crippen LogP contribution in [0, 0.1) is 5.92 Å². The van der Waals surface area contributed by atoms with Crippen molar-refractivity contribution >= 4 is 0 Å². The summed E-state index contributed by atoms with van der Waals surface area (Å²) in [6, 6.07) is 2.05. The molecule has 0 aromatic carbocycles. The third-order valence-corrected chi connectivity index (χ3v) is 1.89. The van der Waals surface area contributed by atoms with Crippen molar-refractivity contribution in [2.45, 2.75) is 26.6 Å². The van der Waals surface area contributed by atoms with Crippen molar-refractivity contribution in [1.82, 2.24) is 4.57 Å². The molecular weight excluding hydrogens is 207 g/mol. The van der Waals surface area contributed by atoms with Gasteiger partial charge in [-0.05, 0) is 18.1 Å². The Morgan fingerprint density at radius 1 is 1.40 bits per heavy atom. The van der Waals surface area contributed by atoms with E-state index in [-0.39, 0.29) is 5.92 Å². The van der Waals surface area contributed by atoms with Crippen molar-refractivity contribution in [2.75, 3.05) is 0 Å². The van der Waals surface area contributed by atoms with Gasteiger partial charge in [0.05, 0.1) is 0 Å². The van der Waals surface area contributed by atoms with Gasteiger partial charge >= 0.3 is 6.18 Å². The van der Waals surface area contributed by atoms with E-state index in [4.69, 9.17) is 0 Å². The van der Waals surface area contributed by atoms with Gasteiger partial charge in [-0.1, -0.05) is 13.8 Å². The summed E-state index contributed by atoms with van der Waals surface area (Å²) in [5, 5.41) is 0. The third kappa shape index (κ3) is 2.84. The highest BCUT2D eigenvalue weighted by molar-refractivity contribution is 5.13. The largest absolute Gasteiger partial charge is 0.421 e. The first-order valence-electron chi connectivity index (χ1n) is 4.59. The molecule has 0 aliphatic heterocycles. The molecule has 0 fully saturated rings. The van der Waals surface area contributed by atoms with Crippen LogP contribution in [0.4, 0.5) is 13.2 Å². The molecule has 2 nitrogen and oxygen atoms in total. The zero-order valence-corrected chi connectivity index (χ0v) is 8.51. The van der Waals surface area contributed by atoms with Crippen molar-refractivity contribution in [3.05, 3.63) is 34.2 Å². The molecule has 0 atom stereocenters. The second kappa shape index (κ2) is 4.08. The summed E-state index contributed by atoms with van der Waals surface area (Å²) in [5.74, 6) is 0.131. The van der Waals surface area contributed by atoms with Crippen LogP contribution in [0.2, 0.25) is 0 Å². The predicted octanol–water partition coefficient (Wildman–Crippen LogP) is 2.52. The number of pyridine rings is 1. The van der Waals surface area contributed by atoms with E-state index < -0.39 is 17.3 Å². The monoisotopic (exact) mass is 219 g/mol. The van der Waals surface area contributed by atoms with Gasteiger partial charge in [0.2, 0.25) is 0 Å². The van der Waals surface area contributed by atoms with Crippen LogP contribution in [0.1, 0.15) is 19.4 Å². The fourth-order valence-corrected chi connectivity index (χ4v) is 1.29. The third-order valence-electron chi connectivity index (χ3n) is 1.89. The number of hydrogen-bond donors (Lipinski definition) is 0. The maximum atomic E-state index is 12.4. The first-order chi connectivity index (χ1) is 6.82. The first kappa shape index (κ1) is 11.8. The highest BCUT2D eigenvalue weighted by Crippen LogP contribution is 2.25. The summed E-state index contributed by atoms with van der Waals surface area (Å²) in [6.07, 6.45) is -3.20. The molecule has 0 aliphatic rings. The minimum Gasteiger partial charge on any atom is -0.315 e. The van der Waals surface area contributed by atoms with E-state index in [9.17, 15) is 18.0 Å². The molecule has 0 radical (unpaired) electrons. The molecule has 0 amide bonds. The Labute approximate surface area is 85.3 Å². The summed E-state index contributed by atoms with van der Waals surface area (Å²) < 4.78 is 38.1. The highest BCUT2D eigenvalue weighted by Gasteiger charge is 2.34. The molecular formula is C10H12F3NO. The molecule has 0 N–H and O–H groups in total. The minimum atomic E-state index is -4.57. The highest BCUT2D eigenvalue weighted by atomic mass is 19.4. The molecule has 84 valence electrons. The number of halogens is 3. The Bertz CT molecular complexity index is 392. The van der Waals surface area contributed by atoms with Crippen molar-refractivity contribution < 1.29 is 13.2 Å². The number of aromatic nitrogens is 1. The predicted molar refractivity (Wildman–Crippen MR) is 50.5 cm³/mol. The van der Waals surface area contributed by atoms with Gasteiger partial charge in [-0.3, -0.25) is 4.79 Å². The van der Waals surface area contributed by atoms with Crippen LogP contribution in [-0.4, -0.2) is 4.57 Å². The SMILES string of the molecule is CC(C)Cn1cccc(C(F)(F)F)c1=O. The van der Waals surface area contributed by atoms with Crippen LogP contribution >= 0.6 is 0 Å². The number of nitrogens with zero attached hydrogens (tertiary/aromatic N) is 1. The van der Waals surface area contributed by atoms with Gasteiger partial charge in [0, 0.05) is 12.7 Å². The maximum Gasteiger partial charge on any atom is 0.421 e. The molecule has 1 aromatic rings. The van der Waals surface area contributed by atoms with Gasteiger partial charge < -0.3 is 4.57 Å². The molecule has 0 saturated heterocycles. The molecule has 0 bridgehead atoms. The molecule has 1 rings (SSSR count). The molecule has 5 heteroatoms. The van der Waals surface area contributed by atoms with Crippen molar-refractivity contribution in [3.8, 4) is 0 Å². The molecule has 0 unspecified atom stereocenters. The van der Waals surface area contributed by atoms with Crippen LogP contribution in [0.5, 0.6) is 0 Å². The summed E-state index contributed by atoms with van der Waals surface area (Å²) in [6.45, 7) is 3.97. The smallest absolute Gasteiger partial charge is 0.315 e. The number of alkyl halides is 3. The zero-order valence-electron chi connectivity index (χ0n) is 8.51. The standard InChI is InChI=1S/C10H12F3NO/c1-7(2)6-14-5-3-4-8(9(14)15)10(11,12)13/h3-5,7H,6H2,1-2H3. The quantitative estimate of drug-likeness (QED) is 0.749. The Morgan fingerprint density at radius 3 is 2.47 bits per heavy atom. The van der Waals surface area contributed by atoms with Crippen LogP contribution < -0.4 is 5.56 Å². The van der Waals surface area contributed by atoms with Gasteiger partial charge in [-0.2, -0.15) is 13.2 Å². The van der Waals surface area contributed by atoms with E-state index in [0.717, 1.165) is 10.6 Å². The fraction of sp³-hybridized carbons (Fsp3) is 0.500.